The molecule has 0 spiro atoms. The van der Waals surface area contributed by atoms with Crippen LogP contribution in [0, 0.1) is 0 Å². The molecule has 1 N–H and O–H groups in total. The number of benzene rings is 2. The lowest BCUT2D eigenvalue weighted by atomic mass is 9.94. The molecule has 5 nitrogen and oxygen atoms in total. The van der Waals surface area contributed by atoms with Gasteiger partial charge in [-0.1, -0.05) is 42.5 Å². The van der Waals surface area contributed by atoms with Gasteiger partial charge in [-0.2, -0.15) is 0 Å². The molecule has 2 aromatic rings. The zero-order chi connectivity index (χ0) is 17.7. The standard InChI is InChI=1S/C19H21NO4/c1-19(24-3,16-7-5-4-6-8-16)18(23)20(2)13-14-9-11-15(12-10-14)17(21)22/h4-12H,13H2,1-3H3,(H,21,22). The highest BCUT2D eigenvalue weighted by atomic mass is 16.5. The van der Waals surface area contributed by atoms with Crippen molar-refractivity contribution in [1.29, 1.82) is 0 Å². The van der Waals surface area contributed by atoms with Crippen LogP contribution in [0.5, 0.6) is 0 Å². The van der Waals surface area contributed by atoms with E-state index in [1.165, 1.54) is 19.2 Å². The van der Waals surface area contributed by atoms with Crippen molar-refractivity contribution in [2.24, 2.45) is 0 Å². The van der Waals surface area contributed by atoms with Crippen LogP contribution in [0.3, 0.4) is 0 Å². The maximum absolute atomic E-state index is 12.9. The SMILES string of the molecule is COC(C)(C(=O)N(C)Cc1ccc(C(=O)O)cc1)c1ccccc1. The summed E-state index contributed by atoms with van der Waals surface area (Å²) in [6, 6.07) is 15.8. The van der Waals surface area contributed by atoms with Crippen LogP contribution in [0.15, 0.2) is 54.6 Å². The third kappa shape index (κ3) is 3.63. The van der Waals surface area contributed by atoms with E-state index >= 15 is 0 Å². The molecule has 0 aromatic heterocycles. The van der Waals surface area contributed by atoms with Gasteiger partial charge in [0.1, 0.15) is 0 Å². The molecule has 0 heterocycles. The summed E-state index contributed by atoms with van der Waals surface area (Å²) >= 11 is 0. The summed E-state index contributed by atoms with van der Waals surface area (Å²) in [5.41, 5.74) is 0.781. The molecule has 0 saturated heterocycles. The van der Waals surface area contributed by atoms with Crippen molar-refractivity contribution in [3.8, 4) is 0 Å². The van der Waals surface area contributed by atoms with Crippen LogP contribution in [-0.4, -0.2) is 36.0 Å². The molecule has 0 aliphatic carbocycles. The highest BCUT2D eigenvalue weighted by Crippen LogP contribution is 2.27. The van der Waals surface area contributed by atoms with Crippen molar-refractivity contribution in [2.75, 3.05) is 14.2 Å². The second kappa shape index (κ2) is 7.27. The largest absolute Gasteiger partial charge is 0.478 e. The van der Waals surface area contributed by atoms with Gasteiger partial charge in [0.25, 0.3) is 5.91 Å². The maximum atomic E-state index is 12.9. The van der Waals surface area contributed by atoms with Crippen LogP contribution in [-0.2, 0) is 21.7 Å². The van der Waals surface area contributed by atoms with Gasteiger partial charge in [-0.25, -0.2) is 4.79 Å². The molecule has 2 rings (SSSR count). The van der Waals surface area contributed by atoms with Crippen LogP contribution in [0.1, 0.15) is 28.4 Å². The Morgan fingerprint density at radius 2 is 1.67 bits per heavy atom. The first-order chi connectivity index (χ1) is 11.4. The summed E-state index contributed by atoms with van der Waals surface area (Å²) in [6.07, 6.45) is 0. The summed E-state index contributed by atoms with van der Waals surface area (Å²) in [5.74, 6) is -1.14. The Balaban J connectivity index is 2.17. The van der Waals surface area contributed by atoms with E-state index in [0.717, 1.165) is 11.1 Å². The van der Waals surface area contributed by atoms with Crippen molar-refractivity contribution in [1.82, 2.24) is 4.90 Å². The van der Waals surface area contributed by atoms with Gasteiger partial charge in [0, 0.05) is 20.7 Å². The Kier molecular flexibility index (Phi) is 5.36. The van der Waals surface area contributed by atoms with Crippen LogP contribution in [0.2, 0.25) is 0 Å². The number of likely N-dealkylation sites (N-methyl/N-ethyl adjacent to an activating group) is 1. The monoisotopic (exact) mass is 327 g/mol. The number of hydrogen-bond donors (Lipinski definition) is 1. The lowest BCUT2D eigenvalue weighted by Crippen LogP contribution is -2.44. The fraction of sp³-hybridized carbons (Fsp3) is 0.263. The third-order valence-electron chi connectivity index (χ3n) is 4.11. The van der Waals surface area contributed by atoms with E-state index in [4.69, 9.17) is 9.84 Å². The molecule has 0 radical (unpaired) electrons. The van der Waals surface area contributed by atoms with Crippen LogP contribution in [0.25, 0.3) is 0 Å². The summed E-state index contributed by atoms with van der Waals surface area (Å²) in [4.78, 5) is 25.3. The molecule has 1 unspecified atom stereocenters. The zero-order valence-corrected chi connectivity index (χ0v) is 14.0. The van der Waals surface area contributed by atoms with Crippen molar-refractivity contribution in [2.45, 2.75) is 19.1 Å². The molecule has 2 aromatic carbocycles. The van der Waals surface area contributed by atoms with Crippen molar-refractivity contribution >= 4 is 11.9 Å². The van der Waals surface area contributed by atoms with Crippen molar-refractivity contribution in [3.63, 3.8) is 0 Å². The zero-order valence-electron chi connectivity index (χ0n) is 14.0. The molecule has 1 amide bonds. The molecule has 0 aliphatic rings. The first kappa shape index (κ1) is 17.7. The van der Waals surface area contributed by atoms with Crippen molar-refractivity contribution in [3.05, 3.63) is 71.3 Å². The van der Waals surface area contributed by atoms with E-state index in [9.17, 15) is 9.59 Å². The summed E-state index contributed by atoms with van der Waals surface area (Å²) in [5, 5.41) is 8.93. The van der Waals surface area contributed by atoms with Crippen LogP contribution < -0.4 is 0 Å². The lowest BCUT2D eigenvalue weighted by molar-refractivity contribution is -0.153. The topological polar surface area (TPSA) is 66.8 Å². The summed E-state index contributed by atoms with van der Waals surface area (Å²) in [7, 11) is 3.22. The Labute approximate surface area is 141 Å². The molecule has 1 atom stereocenters. The Bertz CT molecular complexity index is 712. The minimum atomic E-state index is -1.07. The van der Waals surface area contributed by atoms with E-state index in [-0.39, 0.29) is 11.5 Å². The number of rotatable bonds is 6. The van der Waals surface area contributed by atoms with E-state index in [0.29, 0.717) is 6.54 Å². The van der Waals surface area contributed by atoms with Gasteiger partial charge in [0.05, 0.1) is 5.56 Å². The molecular formula is C19H21NO4. The molecule has 0 aliphatic heterocycles. The molecule has 126 valence electrons. The number of carbonyl (C=O) groups excluding carboxylic acids is 1. The first-order valence-electron chi connectivity index (χ1n) is 7.57. The average molecular weight is 327 g/mol. The molecule has 0 saturated carbocycles. The summed E-state index contributed by atoms with van der Waals surface area (Å²) < 4.78 is 5.53. The molecular weight excluding hydrogens is 306 g/mol. The Morgan fingerprint density at radius 1 is 1.08 bits per heavy atom. The number of ether oxygens (including phenoxy) is 1. The second-order valence-electron chi connectivity index (χ2n) is 5.77. The lowest BCUT2D eigenvalue weighted by Gasteiger charge is -2.32. The number of aromatic carboxylic acids is 1. The normalized spacial score (nSPS) is 13.1. The first-order valence-corrected chi connectivity index (χ1v) is 7.57. The molecule has 0 fully saturated rings. The van der Waals surface area contributed by atoms with Crippen molar-refractivity contribution < 1.29 is 19.4 Å². The van der Waals surface area contributed by atoms with E-state index in [1.807, 2.05) is 30.3 Å². The van der Waals surface area contributed by atoms with Gasteiger partial charge in [0.2, 0.25) is 0 Å². The average Bonchev–Trinajstić information content (AvgIpc) is 2.61. The predicted octanol–water partition coefficient (Wildman–Crippen LogP) is 2.91. The highest BCUT2D eigenvalue weighted by molar-refractivity contribution is 5.88. The van der Waals surface area contributed by atoms with E-state index in [2.05, 4.69) is 0 Å². The maximum Gasteiger partial charge on any atom is 0.335 e. The molecule has 5 heteroatoms. The Morgan fingerprint density at radius 3 is 2.17 bits per heavy atom. The van der Waals surface area contributed by atoms with Gasteiger partial charge < -0.3 is 14.7 Å². The van der Waals surface area contributed by atoms with Gasteiger partial charge in [0.15, 0.2) is 5.60 Å². The molecule has 0 bridgehead atoms. The number of hydrogen-bond acceptors (Lipinski definition) is 3. The van der Waals surface area contributed by atoms with E-state index < -0.39 is 11.6 Å². The number of methoxy groups -OCH3 is 1. The summed E-state index contributed by atoms with van der Waals surface area (Å²) in [6.45, 7) is 2.11. The molecule has 24 heavy (non-hydrogen) atoms. The smallest absolute Gasteiger partial charge is 0.335 e. The third-order valence-corrected chi connectivity index (χ3v) is 4.11. The van der Waals surface area contributed by atoms with E-state index in [1.54, 1.807) is 31.0 Å². The number of carboxylic acid groups (broad SMARTS) is 1. The number of amides is 1. The van der Waals surface area contributed by atoms with Gasteiger partial charge in [-0.3, -0.25) is 4.79 Å². The quantitative estimate of drug-likeness (QED) is 0.886. The number of nitrogens with zero attached hydrogens (tertiary/aromatic N) is 1. The number of carboxylic acids is 1. The van der Waals surface area contributed by atoms with Gasteiger partial charge in [-0.05, 0) is 30.2 Å². The second-order valence-corrected chi connectivity index (χ2v) is 5.77. The predicted molar refractivity (Wildman–Crippen MR) is 90.7 cm³/mol. The van der Waals surface area contributed by atoms with Crippen LogP contribution >= 0.6 is 0 Å². The van der Waals surface area contributed by atoms with Gasteiger partial charge >= 0.3 is 5.97 Å². The minimum Gasteiger partial charge on any atom is -0.478 e. The van der Waals surface area contributed by atoms with Crippen LogP contribution in [0.4, 0.5) is 0 Å². The van der Waals surface area contributed by atoms with Gasteiger partial charge in [-0.15, -0.1) is 0 Å². The minimum absolute atomic E-state index is 0.168. The fourth-order valence-corrected chi connectivity index (χ4v) is 2.55. The highest BCUT2D eigenvalue weighted by Gasteiger charge is 2.37. The Hall–Kier alpha value is -2.66. The number of carbonyl (C=O) groups is 2. The fourth-order valence-electron chi connectivity index (χ4n) is 2.55.